The second-order valence-electron chi connectivity index (χ2n) is 6.78. The summed E-state index contributed by atoms with van der Waals surface area (Å²) in [5, 5.41) is 1.62. The highest BCUT2D eigenvalue weighted by Crippen LogP contribution is 2.51. The third kappa shape index (κ3) is 5.70. The molecule has 5 heteroatoms. The third-order valence-corrected chi connectivity index (χ3v) is 8.55. The molecule has 1 saturated heterocycles. The molecule has 1 aromatic heterocycles. The number of aromatic nitrogens is 2. The molecule has 0 saturated carbocycles. The standard InChI is InChI=1S/C20H27ClN2S2/c1-2-3-4-19-9-14-24-20(25-19,10-12-23-13-11-22-16-23)15-17-5-7-18(21)8-6-17/h5-8,11,13,16,19H,2-4,9-10,12,14-15H2,1H3. The zero-order chi connectivity index (χ0) is 17.5. The van der Waals surface area contributed by atoms with Crippen molar-refractivity contribution in [1.82, 2.24) is 9.55 Å². The number of aryl methyl sites for hydroxylation is 1. The van der Waals surface area contributed by atoms with Gasteiger partial charge in [-0.3, -0.25) is 0 Å². The summed E-state index contributed by atoms with van der Waals surface area (Å²) >= 11 is 10.5. The van der Waals surface area contributed by atoms with Crippen LogP contribution < -0.4 is 0 Å². The Hall–Kier alpha value is -0.580. The number of imidazole rings is 1. The Morgan fingerprint density at radius 3 is 2.88 bits per heavy atom. The number of hydrogen-bond acceptors (Lipinski definition) is 3. The van der Waals surface area contributed by atoms with Crippen molar-refractivity contribution in [3.05, 3.63) is 53.6 Å². The minimum Gasteiger partial charge on any atom is -0.337 e. The zero-order valence-electron chi connectivity index (χ0n) is 14.9. The van der Waals surface area contributed by atoms with Gasteiger partial charge < -0.3 is 4.57 Å². The maximum Gasteiger partial charge on any atom is 0.0945 e. The van der Waals surface area contributed by atoms with E-state index in [1.165, 1.54) is 43.4 Å². The van der Waals surface area contributed by atoms with Crippen molar-refractivity contribution >= 4 is 35.1 Å². The molecule has 0 bridgehead atoms. The van der Waals surface area contributed by atoms with Gasteiger partial charge >= 0.3 is 0 Å². The first-order valence-corrected chi connectivity index (χ1v) is 11.5. The van der Waals surface area contributed by atoms with Crippen LogP contribution >= 0.6 is 35.1 Å². The van der Waals surface area contributed by atoms with Gasteiger partial charge in [-0.05, 0) is 49.1 Å². The van der Waals surface area contributed by atoms with Crippen molar-refractivity contribution in [2.24, 2.45) is 0 Å². The quantitative estimate of drug-likeness (QED) is 0.523. The predicted octanol–water partition coefficient (Wildman–Crippen LogP) is 6.29. The summed E-state index contributed by atoms with van der Waals surface area (Å²) in [7, 11) is 0. The fraction of sp³-hybridized carbons (Fsp3) is 0.550. The molecule has 2 unspecified atom stereocenters. The molecule has 1 aromatic carbocycles. The van der Waals surface area contributed by atoms with E-state index in [-0.39, 0.29) is 4.08 Å². The molecule has 2 nitrogen and oxygen atoms in total. The van der Waals surface area contributed by atoms with E-state index in [0.29, 0.717) is 0 Å². The molecular formula is C20H27ClN2S2. The van der Waals surface area contributed by atoms with E-state index < -0.39 is 0 Å². The molecule has 2 aromatic rings. The monoisotopic (exact) mass is 394 g/mol. The number of nitrogens with zero attached hydrogens (tertiary/aromatic N) is 2. The highest BCUT2D eigenvalue weighted by molar-refractivity contribution is 8.19. The van der Waals surface area contributed by atoms with Crippen LogP contribution in [0.5, 0.6) is 0 Å². The molecule has 0 aliphatic carbocycles. The first kappa shape index (κ1) is 19.2. The summed E-state index contributed by atoms with van der Waals surface area (Å²) in [6.45, 7) is 3.33. The van der Waals surface area contributed by atoms with Gasteiger partial charge in [0.05, 0.1) is 10.4 Å². The van der Waals surface area contributed by atoms with E-state index in [1.807, 2.05) is 24.7 Å². The van der Waals surface area contributed by atoms with Crippen LogP contribution in [0.15, 0.2) is 43.0 Å². The topological polar surface area (TPSA) is 17.8 Å². The van der Waals surface area contributed by atoms with Crippen LogP contribution in [0, 0.1) is 0 Å². The van der Waals surface area contributed by atoms with E-state index in [2.05, 4.69) is 58.3 Å². The van der Waals surface area contributed by atoms with Gasteiger partial charge in [0.1, 0.15) is 0 Å². The Labute approximate surface area is 165 Å². The SMILES string of the molecule is CCCCC1CCSC(CCn2ccnc2)(Cc2ccc(Cl)cc2)S1. The molecule has 0 radical (unpaired) electrons. The van der Waals surface area contributed by atoms with Crippen molar-refractivity contribution in [2.75, 3.05) is 5.75 Å². The van der Waals surface area contributed by atoms with E-state index in [0.717, 1.165) is 23.2 Å². The number of thioether (sulfide) groups is 2. The van der Waals surface area contributed by atoms with Crippen molar-refractivity contribution in [2.45, 2.75) is 61.3 Å². The van der Waals surface area contributed by atoms with Crippen molar-refractivity contribution < 1.29 is 0 Å². The normalized spacial score (nSPS) is 23.7. The molecule has 0 amide bonds. The Morgan fingerprint density at radius 2 is 2.16 bits per heavy atom. The number of rotatable bonds is 8. The molecule has 136 valence electrons. The van der Waals surface area contributed by atoms with Gasteiger partial charge in [-0.25, -0.2) is 4.98 Å². The lowest BCUT2D eigenvalue weighted by molar-refractivity contribution is 0.581. The van der Waals surface area contributed by atoms with Crippen LogP contribution in [0.25, 0.3) is 0 Å². The summed E-state index contributed by atoms with van der Waals surface area (Å²) < 4.78 is 2.47. The van der Waals surface area contributed by atoms with Crippen molar-refractivity contribution in [1.29, 1.82) is 0 Å². The van der Waals surface area contributed by atoms with Crippen LogP contribution in [0.2, 0.25) is 5.02 Å². The summed E-state index contributed by atoms with van der Waals surface area (Å²) in [6, 6.07) is 8.43. The highest BCUT2D eigenvalue weighted by atomic mass is 35.5. The summed E-state index contributed by atoms with van der Waals surface area (Å²) in [5.41, 5.74) is 1.39. The summed E-state index contributed by atoms with van der Waals surface area (Å²) in [5.74, 6) is 1.28. The van der Waals surface area contributed by atoms with E-state index >= 15 is 0 Å². The van der Waals surface area contributed by atoms with E-state index in [9.17, 15) is 0 Å². The Kier molecular flexibility index (Phi) is 7.20. The predicted molar refractivity (Wildman–Crippen MR) is 113 cm³/mol. The van der Waals surface area contributed by atoms with Crippen LogP contribution in [-0.4, -0.2) is 24.6 Å². The molecule has 1 aliphatic heterocycles. The van der Waals surface area contributed by atoms with E-state index in [1.54, 1.807) is 0 Å². The van der Waals surface area contributed by atoms with Crippen molar-refractivity contribution in [3.8, 4) is 0 Å². The second-order valence-corrected chi connectivity index (χ2v) is 10.6. The third-order valence-electron chi connectivity index (χ3n) is 4.76. The molecule has 25 heavy (non-hydrogen) atoms. The molecular weight excluding hydrogens is 368 g/mol. The second kappa shape index (κ2) is 9.38. The average Bonchev–Trinajstić information content (AvgIpc) is 3.14. The van der Waals surface area contributed by atoms with Gasteiger partial charge in [0.25, 0.3) is 0 Å². The lowest BCUT2D eigenvalue weighted by Gasteiger charge is -2.40. The zero-order valence-corrected chi connectivity index (χ0v) is 17.3. The molecule has 0 N–H and O–H groups in total. The number of hydrogen-bond donors (Lipinski definition) is 0. The number of unbranched alkanes of at least 4 members (excludes halogenated alkanes) is 1. The fourth-order valence-electron chi connectivity index (χ4n) is 3.35. The smallest absolute Gasteiger partial charge is 0.0945 e. The average molecular weight is 395 g/mol. The van der Waals surface area contributed by atoms with Crippen LogP contribution in [0.3, 0.4) is 0 Å². The van der Waals surface area contributed by atoms with E-state index in [4.69, 9.17) is 11.6 Å². The molecule has 0 spiro atoms. The Balaban J connectivity index is 1.73. The molecule has 2 atom stereocenters. The largest absolute Gasteiger partial charge is 0.337 e. The molecule has 1 fully saturated rings. The van der Waals surface area contributed by atoms with Crippen LogP contribution in [0.1, 0.15) is 44.6 Å². The molecule has 1 aliphatic rings. The highest BCUT2D eigenvalue weighted by Gasteiger charge is 2.37. The lowest BCUT2D eigenvalue weighted by atomic mass is 10.1. The maximum absolute atomic E-state index is 6.08. The lowest BCUT2D eigenvalue weighted by Crippen LogP contribution is -2.33. The first-order valence-electron chi connectivity index (χ1n) is 9.21. The van der Waals surface area contributed by atoms with Gasteiger partial charge in [-0.2, -0.15) is 0 Å². The van der Waals surface area contributed by atoms with Crippen LogP contribution in [0.4, 0.5) is 0 Å². The number of halogens is 1. The fourth-order valence-corrected chi connectivity index (χ4v) is 7.42. The first-order chi connectivity index (χ1) is 12.2. The van der Waals surface area contributed by atoms with Crippen LogP contribution in [-0.2, 0) is 13.0 Å². The molecule has 2 heterocycles. The van der Waals surface area contributed by atoms with Gasteiger partial charge in [-0.15, -0.1) is 23.5 Å². The minimum absolute atomic E-state index is 0.259. The van der Waals surface area contributed by atoms with Gasteiger partial charge in [0.2, 0.25) is 0 Å². The minimum atomic E-state index is 0.259. The summed E-state index contributed by atoms with van der Waals surface area (Å²) in [6.07, 6.45) is 13.5. The number of benzene rings is 1. The Morgan fingerprint density at radius 1 is 1.32 bits per heavy atom. The van der Waals surface area contributed by atoms with Gasteiger partial charge in [0.15, 0.2) is 0 Å². The molecule has 3 rings (SSSR count). The van der Waals surface area contributed by atoms with Crippen molar-refractivity contribution in [3.63, 3.8) is 0 Å². The van der Waals surface area contributed by atoms with Gasteiger partial charge in [0, 0.05) is 29.2 Å². The summed E-state index contributed by atoms with van der Waals surface area (Å²) in [4.78, 5) is 4.19. The maximum atomic E-state index is 6.08. The Bertz CT molecular complexity index is 630. The van der Waals surface area contributed by atoms with Gasteiger partial charge in [-0.1, -0.05) is 43.5 Å².